The van der Waals surface area contributed by atoms with Crippen LogP contribution in [-0.2, 0) is 0 Å². The van der Waals surface area contributed by atoms with Crippen molar-refractivity contribution in [1.29, 1.82) is 0 Å². The molecule has 0 aromatic rings. The quantitative estimate of drug-likeness (QED) is 0.423. The summed E-state index contributed by atoms with van der Waals surface area (Å²) < 4.78 is 0. The van der Waals surface area contributed by atoms with Crippen molar-refractivity contribution in [1.82, 2.24) is 0 Å². The molecule has 0 rings (SSSR count). The summed E-state index contributed by atoms with van der Waals surface area (Å²) in [5.74, 6) is 3.97. The molecule has 0 amide bonds. The van der Waals surface area contributed by atoms with Gasteiger partial charge in [0.25, 0.3) is 0 Å². The molecule has 0 heterocycles. The van der Waals surface area contributed by atoms with Gasteiger partial charge in [0.1, 0.15) is 8.80 Å². The van der Waals surface area contributed by atoms with Crippen molar-refractivity contribution >= 4 is 8.80 Å². The fraction of sp³-hybridized carbons (Fsp3) is 0.778. The summed E-state index contributed by atoms with van der Waals surface area (Å²) in [5, 5.41) is 0. The van der Waals surface area contributed by atoms with Crippen molar-refractivity contribution in [2.24, 2.45) is 5.92 Å². The predicted octanol–water partition coefficient (Wildman–Crippen LogP) is 2.72. The van der Waals surface area contributed by atoms with E-state index in [1.54, 1.807) is 0 Å². The Morgan fingerprint density at radius 1 is 1.40 bits per heavy atom. The van der Waals surface area contributed by atoms with Gasteiger partial charge in [0.2, 0.25) is 0 Å². The molecule has 0 saturated heterocycles. The van der Waals surface area contributed by atoms with Crippen LogP contribution in [0.5, 0.6) is 0 Å². The van der Waals surface area contributed by atoms with E-state index in [0.717, 1.165) is 12.3 Å². The zero-order chi connectivity index (χ0) is 7.98. The Labute approximate surface area is 66.6 Å². The third-order valence-corrected chi connectivity index (χ3v) is 3.23. The summed E-state index contributed by atoms with van der Waals surface area (Å²) in [4.78, 5) is 0. The topological polar surface area (TPSA) is 0 Å². The minimum atomic E-state index is -0.313. The molecule has 0 aromatic carbocycles. The largest absolute Gasteiger partial charge is 0.141 e. The van der Waals surface area contributed by atoms with Crippen LogP contribution in [0.15, 0.2) is 0 Å². The average Bonchev–Trinajstić information content (AvgIpc) is 1.82. The monoisotopic (exact) mass is 153 g/mol. The molecule has 0 atom stereocenters. The van der Waals surface area contributed by atoms with Gasteiger partial charge >= 0.3 is 0 Å². The van der Waals surface area contributed by atoms with Crippen LogP contribution in [0.4, 0.5) is 0 Å². The molecule has 0 aliphatic heterocycles. The SMILES string of the molecule is CCC#C[Si](C)CC(C)C. The first-order chi connectivity index (χ1) is 4.66. The highest BCUT2D eigenvalue weighted by Crippen LogP contribution is 2.03. The highest BCUT2D eigenvalue weighted by Gasteiger charge is 2.02. The molecule has 0 N–H and O–H groups in total. The van der Waals surface area contributed by atoms with Gasteiger partial charge in [0.15, 0.2) is 0 Å². The molecule has 0 aliphatic rings. The van der Waals surface area contributed by atoms with Crippen LogP contribution < -0.4 is 0 Å². The summed E-state index contributed by atoms with van der Waals surface area (Å²) in [6.45, 7) is 8.94. The molecule has 10 heavy (non-hydrogen) atoms. The summed E-state index contributed by atoms with van der Waals surface area (Å²) in [6.07, 6.45) is 1.01. The van der Waals surface area contributed by atoms with E-state index < -0.39 is 0 Å². The second-order valence-corrected chi connectivity index (χ2v) is 5.25. The summed E-state index contributed by atoms with van der Waals surface area (Å²) in [5.41, 5.74) is 3.32. The molecule has 0 saturated carbocycles. The van der Waals surface area contributed by atoms with E-state index >= 15 is 0 Å². The normalized spacial score (nSPS) is 9.80. The van der Waals surface area contributed by atoms with Crippen LogP contribution in [0.2, 0.25) is 12.6 Å². The van der Waals surface area contributed by atoms with Gasteiger partial charge in [-0.15, -0.1) is 11.5 Å². The Bertz CT molecular complexity index is 127. The first-order valence-electron chi connectivity index (χ1n) is 3.98. The predicted molar refractivity (Wildman–Crippen MR) is 49.3 cm³/mol. The fourth-order valence-electron chi connectivity index (χ4n) is 0.903. The molecule has 0 aliphatic carbocycles. The summed E-state index contributed by atoms with van der Waals surface area (Å²) >= 11 is 0. The zero-order valence-electron chi connectivity index (χ0n) is 7.49. The molecule has 0 unspecified atom stereocenters. The number of rotatable bonds is 2. The number of hydrogen-bond donors (Lipinski definition) is 0. The van der Waals surface area contributed by atoms with Crippen molar-refractivity contribution in [2.45, 2.75) is 39.8 Å². The minimum Gasteiger partial charge on any atom is -0.133 e. The lowest BCUT2D eigenvalue weighted by Crippen LogP contribution is -2.06. The van der Waals surface area contributed by atoms with Crippen LogP contribution in [0.25, 0.3) is 0 Å². The fourth-order valence-corrected chi connectivity index (χ4v) is 2.71. The van der Waals surface area contributed by atoms with Gasteiger partial charge in [-0.3, -0.25) is 0 Å². The molecule has 0 aromatic heterocycles. The van der Waals surface area contributed by atoms with Crippen molar-refractivity contribution in [2.75, 3.05) is 0 Å². The second-order valence-electron chi connectivity index (χ2n) is 3.03. The molecule has 0 nitrogen and oxygen atoms in total. The standard InChI is InChI=1S/C9H17Si/c1-5-6-7-10(4)8-9(2)3/h9H,5,8H2,1-4H3. The van der Waals surface area contributed by atoms with Gasteiger partial charge in [0, 0.05) is 6.42 Å². The Balaban J connectivity index is 3.52. The maximum Gasteiger partial charge on any atom is 0.141 e. The van der Waals surface area contributed by atoms with Crippen molar-refractivity contribution in [3.8, 4) is 11.5 Å². The number of hydrogen-bond acceptors (Lipinski definition) is 0. The highest BCUT2D eigenvalue weighted by atomic mass is 28.3. The third-order valence-electron chi connectivity index (χ3n) is 1.19. The summed E-state index contributed by atoms with van der Waals surface area (Å²) in [7, 11) is -0.313. The molecule has 57 valence electrons. The van der Waals surface area contributed by atoms with E-state index in [9.17, 15) is 0 Å². The third kappa shape index (κ3) is 5.91. The van der Waals surface area contributed by atoms with Gasteiger partial charge < -0.3 is 0 Å². The Hall–Kier alpha value is -0.223. The molecule has 0 fully saturated rings. The van der Waals surface area contributed by atoms with Gasteiger partial charge in [-0.1, -0.05) is 27.3 Å². The highest BCUT2D eigenvalue weighted by molar-refractivity contribution is 6.66. The average molecular weight is 153 g/mol. The van der Waals surface area contributed by atoms with Crippen LogP contribution in [0.3, 0.4) is 0 Å². The second kappa shape index (κ2) is 5.55. The van der Waals surface area contributed by atoms with Crippen LogP contribution in [-0.4, -0.2) is 8.80 Å². The zero-order valence-corrected chi connectivity index (χ0v) is 8.49. The van der Waals surface area contributed by atoms with Crippen LogP contribution in [0, 0.1) is 17.4 Å². The van der Waals surface area contributed by atoms with Gasteiger partial charge in [-0.2, -0.15) is 0 Å². The van der Waals surface area contributed by atoms with Crippen molar-refractivity contribution in [3.05, 3.63) is 0 Å². The van der Waals surface area contributed by atoms with E-state index in [2.05, 4.69) is 38.8 Å². The smallest absolute Gasteiger partial charge is 0.133 e. The first-order valence-corrected chi connectivity index (χ1v) is 6.18. The van der Waals surface area contributed by atoms with E-state index in [1.165, 1.54) is 6.04 Å². The Morgan fingerprint density at radius 3 is 2.40 bits per heavy atom. The van der Waals surface area contributed by atoms with E-state index in [4.69, 9.17) is 0 Å². The molecule has 0 bridgehead atoms. The lowest BCUT2D eigenvalue weighted by Gasteiger charge is -2.03. The van der Waals surface area contributed by atoms with Crippen molar-refractivity contribution in [3.63, 3.8) is 0 Å². The maximum atomic E-state index is 3.32. The van der Waals surface area contributed by atoms with Crippen molar-refractivity contribution < 1.29 is 0 Å². The molecule has 1 heteroatoms. The van der Waals surface area contributed by atoms with Gasteiger partial charge in [-0.05, 0) is 12.0 Å². The van der Waals surface area contributed by atoms with Crippen LogP contribution in [0.1, 0.15) is 27.2 Å². The molecule has 0 spiro atoms. The minimum absolute atomic E-state index is 0.313. The Morgan fingerprint density at radius 2 is 2.00 bits per heavy atom. The van der Waals surface area contributed by atoms with Gasteiger partial charge in [-0.25, -0.2) is 0 Å². The van der Waals surface area contributed by atoms with E-state index in [0.29, 0.717) is 0 Å². The first kappa shape index (κ1) is 9.78. The van der Waals surface area contributed by atoms with Crippen LogP contribution >= 0.6 is 0 Å². The molecular weight excluding hydrogens is 136 g/mol. The maximum absolute atomic E-state index is 3.32. The lowest BCUT2D eigenvalue weighted by molar-refractivity contribution is 0.728. The Kier molecular flexibility index (Phi) is 5.43. The van der Waals surface area contributed by atoms with E-state index in [1.807, 2.05) is 0 Å². The lowest BCUT2D eigenvalue weighted by atomic mass is 10.3. The summed E-state index contributed by atoms with van der Waals surface area (Å²) in [6, 6.07) is 1.33. The molecule has 1 radical (unpaired) electrons. The molecular formula is C9H17Si. The van der Waals surface area contributed by atoms with E-state index in [-0.39, 0.29) is 8.80 Å². The van der Waals surface area contributed by atoms with Gasteiger partial charge in [0.05, 0.1) is 0 Å².